The van der Waals surface area contributed by atoms with Crippen molar-refractivity contribution in [2.24, 2.45) is 0 Å². The third kappa shape index (κ3) is 3.86. The average Bonchev–Trinajstić information content (AvgIpc) is 2.54. The van der Waals surface area contributed by atoms with Crippen molar-refractivity contribution in [3.05, 3.63) is 18.2 Å². The number of piperidine rings is 1. The van der Waals surface area contributed by atoms with Crippen LogP contribution in [-0.2, 0) is 9.53 Å². The summed E-state index contributed by atoms with van der Waals surface area (Å²) in [6.07, 6.45) is 2.09. The van der Waals surface area contributed by atoms with E-state index in [1.54, 1.807) is 18.2 Å². The number of nitrogens with one attached hydrogen (secondary N) is 2. The second-order valence-electron chi connectivity index (χ2n) is 5.17. The van der Waals surface area contributed by atoms with Gasteiger partial charge in [0.25, 0.3) is 0 Å². The van der Waals surface area contributed by atoms with Gasteiger partial charge in [0.2, 0.25) is 5.91 Å². The van der Waals surface area contributed by atoms with Crippen LogP contribution < -0.4 is 20.1 Å². The molecule has 1 aromatic carbocycles. The van der Waals surface area contributed by atoms with Gasteiger partial charge in [0, 0.05) is 11.8 Å². The maximum absolute atomic E-state index is 11.9. The molecule has 0 unspecified atom stereocenters. The summed E-state index contributed by atoms with van der Waals surface area (Å²) in [7, 11) is 0. The zero-order chi connectivity index (χ0) is 14.5. The normalized spacial score (nSPS) is 18.3. The molecule has 2 aliphatic rings. The second kappa shape index (κ2) is 6.78. The van der Waals surface area contributed by atoms with Crippen molar-refractivity contribution < 1.29 is 19.0 Å². The standard InChI is InChI=1S/C15H20N2O4/c18-15(10-21-12-3-5-16-6-4-12)17-11-1-2-13-14(9-11)20-8-7-19-13/h1-2,9,12,16H,3-8,10H2,(H,17,18). The van der Waals surface area contributed by atoms with E-state index in [4.69, 9.17) is 14.2 Å². The molecule has 0 bridgehead atoms. The smallest absolute Gasteiger partial charge is 0.250 e. The molecule has 0 radical (unpaired) electrons. The van der Waals surface area contributed by atoms with Crippen LogP contribution in [0.4, 0.5) is 5.69 Å². The Labute approximate surface area is 123 Å². The summed E-state index contributed by atoms with van der Waals surface area (Å²) >= 11 is 0. The molecule has 21 heavy (non-hydrogen) atoms. The third-order valence-electron chi connectivity index (χ3n) is 3.56. The highest BCUT2D eigenvalue weighted by Crippen LogP contribution is 2.32. The Morgan fingerprint density at radius 1 is 1.24 bits per heavy atom. The number of amides is 1. The summed E-state index contributed by atoms with van der Waals surface area (Å²) < 4.78 is 16.5. The average molecular weight is 292 g/mol. The van der Waals surface area contributed by atoms with Crippen LogP contribution in [0.25, 0.3) is 0 Å². The van der Waals surface area contributed by atoms with Gasteiger partial charge in [-0.3, -0.25) is 4.79 Å². The fourth-order valence-corrected chi connectivity index (χ4v) is 2.47. The summed E-state index contributed by atoms with van der Waals surface area (Å²) in [6, 6.07) is 5.38. The molecular formula is C15H20N2O4. The van der Waals surface area contributed by atoms with Gasteiger partial charge in [0.1, 0.15) is 19.8 Å². The molecule has 1 saturated heterocycles. The zero-order valence-corrected chi connectivity index (χ0v) is 11.9. The Morgan fingerprint density at radius 2 is 2.00 bits per heavy atom. The molecule has 6 heteroatoms. The van der Waals surface area contributed by atoms with E-state index in [9.17, 15) is 4.79 Å². The molecule has 1 fully saturated rings. The summed E-state index contributed by atoms with van der Waals surface area (Å²) in [5, 5.41) is 6.08. The van der Waals surface area contributed by atoms with Gasteiger partial charge < -0.3 is 24.8 Å². The molecule has 3 rings (SSSR count). The Morgan fingerprint density at radius 3 is 2.81 bits per heavy atom. The van der Waals surface area contributed by atoms with Gasteiger partial charge in [0.05, 0.1) is 6.10 Å². The molecule has 0 atom stereocenters. The third-order valence-corrected chi connectivity index (χ3v) is 3.56. The highest BCUT2D eigenvalue weighted by Gasteiger charge is 2.16. The number of hydrogen-bond acceptors (Lipinski definition) is 5. The van der Waals surface area contributed by atoms with Crippen LogP contribution in [0, 0.1) is 0 Å². The maximum atomic E-state index is 11.9. The molecule has 0 aromatic heterocycles. The van der Waals surface area contributed by atoms with Gasteiger partial charge in [-0.05, 0) is 38.1 Å². The van der Waals surface area contributed by atoms with Crippen molar-refractivity contribution in [1.82, 2.24) is 5.32 Å². The first kappa shape index (κ1) is 14.2. The minimum atomic E-state index is -0.148. The van der Waals surface area contributed by atoms with E-state index in [0.29, 0.717) is 30.4 Å². The Kier molecular flexibility index (Phi) is 4.57. The van der Waals surface area contributed by atoms with Crippen molar-refractivity contribution >= 4 is 11.6 Å². The minimum absolute atomic E-state index is 0.0824. The summed E-state index contributed by atoms with van der Waals surface area (Å²) in [4.78, 5) is 11.9. The van der Waals surface area contributed by atoms with E-state index in [1.165, 1.54) is 0 Å². The fraction of sp³-hybridized carbons (Fsp3) is 0.533. The molecule has 114 valence electrons. The first-order chi connectivity index (χ1) is 10.3. The minimum Gasteiger partial charge on any atom is -0.486 e. The Hall–Kier alpha value is -1.79. The number of carbonyl (C=O) groups is 1. The van der Waals surface area contributed by atoms with Crippen LogP contribution >= 0.6 is 0 Å². The van der Waals surface area contributed by atoms with Crippen molar-refractivity contribution in [3.8, 4) is 11.5 Å². The van der Waals surface area contributed by atoms with Crippen molar-refractivity contribution in [2.45, 2.75) is 18.9 Å². The lowest BCUT2D eigenvalue weighted by Crippen LogP contribution is -2.34. The maximum Gasteiger partial charge on any atom is 0.250 e. The number of benzene rings is 1. The van der Waals surface area contributed by atoms with Gasteiger partial charge in [-0.1, -0.05) is 0 Å². The molecule has 2 heterocycles. The van der Waals surface area contributed by atoms with E-state index < -0.39 is 0 Å². The summed E-state index contributed by atoms with van der Waals surface area (Å²) in [6.45, 7) is 3.08. The number of ether oxygens (including phenoxy) is 3. The molecule has 0 saturated carbocycles. The lowest BCUT2D eigenvalue weighted by Gasteiger charge is -2.22. The van der Waals surface area contributed by atoms with Crippen molar-refractivity contribution in [2.75, 3.05) is 38.2 Å². The summed E-state index contributed by atoms with van der Waals surface area (Å²) in [5.74, 6) is 1.23. The first-order valence-electron chi connectivity index (χ1n) is 7.33. The molecule has 2 N–H and O–H groups in total. The molecule has 6 nitrogen and oxygen atoms in total. The predicted octanol–water partition coefficient (Wildman–Crippen LogP) is 1.16. The highest BCUT2D eigenvalue weighted by atomic mass is 16.6. The Balaban J connectivity index is 1.50. The van der Waals surface area contributed by atoms with E-state index in [0.717, 1.165) is 25.9 Å². The molecule has 2 aliphatic heterocycles. The van der Waals surface area contributed by atoms with E-state index in [2.05, 4.69) is 10.6 Å². The van der Waals surface area contributed by atoms with Crippen LogP contribution in [0.1, 0.15) is 12.8 Å². The quantitative estimate of drug-likeness (QED) is 0.872. The monoisotopic (exact) mass is 292 g/mol. The van der Waals surface area contributed by atoms with Crippen LogP contribution in [0.15, 0.2) is 18.2 Å². The number of rotatable bonds is 4. The summed E-state index contributed by atoms with van der Waals surface area (Å²) in [5.41, 5.74) is 0.693. The lowest BCUT2D eigenvalue weighted by molar-refractivity contribution is -0.123. The largest absolute Gasteiger partial charge is 0.486 e. The van der Waals surface area contributed by atoms with Crippen LogP contribution in [-0.4, -0.2) is 44.9 Å². The molecule has 0 spiro atoms. The van der Waals surface area contributed by atoms with Crippen LogP contribution in [0.2, 0.25) is 0 Å². The number of carbonyl (C=O) groups excluding carboxylic acids is 1. The van der Waals surface area contributed by atoms with Gasteiger partial charge in [0.15, 0.2) is 11.5 Å². The number of hydrogen-bond donors (Lipinski definition) is 2. The predicted molar refractivity (Wildman–Crippen MR) is 77.9 cm³/mol. The van der Waals surface area contributed by atoms with Crippen LogP contribution in [0.5, 0.6) is 11.5 Å². The fourth-order valence-electron chi connectivity index (χ4n) is 2.47. The highest BCUT2D eigenvalue weighted by molar-refractivity contribution is 5.92. The topological polar surface area (TPSA) is 68.8 Å². The van der Waals surface area contributed by atoms with Crippen LogP contribution in [0.3, 0.4) is 0 Å². The second-order valence-corrected chi connectivity index (χ2v) is 5.17. The van der Waals surface area contributed by atoms with E-state index in [-0.39, 0.29) is 18.6 Å². The molecule has 0 aliphatic carbocycles. The molecule has 1 aromatic rings. The van der Waals surface area contributed by atoms with Gasteiger partial charge in [-0.25, -0.2) is 0 Å². The Bertz CT molecular complexity index is 500. The first-order valence-corrected chi connectivity index (χ1v) is 7.33. The van der Waals surface area contributed by atoms with Gasteiger partial charge in [-0.2, -0.15) is 0 Å². The molecule has 1 amide bonds. The number of fused-ring (bicyclic) bond motifs is 1. The number of anilines is 1. The van der Waals surface area contributed by atoms with Gasteiger partial charge in [-0.15, -0.1) is 0 Å². The van der Waals surface area contributed by atoms with Gasteiger partial charge >= 0.3 is 0 Å². The SMILES string of the molecule is O=C(COC1CCNCC1)Nc1ccc2c(c1)OCCO2. The van der Waals surface area contributed by atoms with Crippen molar-refractivity contribution in [1.29, 1.82) is 0 Å². The van der Waals surface area contributed by atoms with E-state index >= 15 is 0 Å². The van der Waals surface area contributed by atoms with Crippen molar-refractivity contribution in [3.63, 3.8) is 0 Å². The molecular weight excluding hydrogens is 272 g/mol. The lowest BCUT2D eigenvalue weighted by atomic mass is 10.1. The van der Waals surface area contributed by atoms with E-state index in [1.807, 2.05) is 0 Å². The zero-order valence-electron chi connectivity index (χ0n) is 11.9.